The zero-order valence-corrected chi connectivity index (χ0v) is 6.60. The van der Waals surface area contributed by atoms with E-state index in [9.17, 15) is 0 Å². The molecule has 1 nitrogen and oxygen atoms in total. The molecule has 0 aromatic rings. The standard InChI is InChI=1S/C9H11N/c1-9(2,3)7-5-4-6-8-10/h4,6H,1-3H3. The first-order chi connectivity index (χ1) is 4.56. The molecule has 0 atom stereocenters. The Hall–Kier alpha value is -1.21. The zero-order chi connectivity index (χ0) is 8.04. The molecule has 0 saturated heterocycles. The van der Waals surface area contributed by atoms with E-state index in [1.807, 2.05) is 26.8 Å². The molecule has 0 radical (unpaired) electrons. The van der Waals surface area contributed by atoms with Gasteiger partial charge in [-0.05, 0) is 26.8 Å². The van der Waals surface area contributed by atoms with Gasteiger partial charge in [0.2, 0.25) is 0 Å². The predicted octanol–water partition coefficient (Wildman–Crippen LogP) is 2.12. The number of allylic oxidation sites excluding steroid dienone is 2. The molecule has 0 heterocycles. The first-order valence-electron chi connectivity index (χ1n) is 3.13. The van der Waals surface area contributed by atoms with Crippen LogP contribution in [0.3, 0.4) is 0 Å². The van der Waals surface area contributed by atoms with Crippen LogP contribution in [0.2, 0.25) is 0 Å². The molecule has 0 fully saturated rings. The van der Waals surface area contributed by atoms with Gasteiger partial charge in [-0.25, -0.2) is 0 Å². The summed E-state index contributed by atoms with van der Waals surface area (Å²) < 4.78 is 0. The summed E-state index contributed by atoms with van der Waals surface area (Å²) in [6.45, 7) is 6.08. The summed E-state index contributed by atoms with van der Waals surface area (Å²) in [6.07, 6.45) is 2.93. The van der Waals surface area contributed by atoms with Gasteiger partial charge in [0.15, 0.2) is 0 Å². The van der Waals surface area contributed by atoms with E-state index in [1.54, 1.807) is 6.08 Å². The van der Waals surface area contributed by atoms with E-state index in [0.717, 1.165) is 0 Å². The Morgan fingerprint density at radius 1 is 1.20 bits per heavy atom. The summed E-state index contributed by atoms with van der Waals surface area (Å²) in [4.78, 5) is 0. The number of nitrogens with zero attached hydrogens (tertiary/aromatic N) is 1. The normalized spacial score (nSPS) is 10.2. The van der Waals surface area contributed by atoms with Gasteiger partial charge < -0.3 is 0 Å². The fourth-order valence-corrected chi connectivity index (χ4v) is 0.337. The molecule has 0 aliphatic heterocycles. The van der Waals surface area contributed by atoms with Crippen LogP contribution in [0.1, 0.15) is 20.8 Å². The lowest BCUT2D eigenvalue weighted by molar-refractivity contribution is 0.571. The third-order valence-electron chi connectivity index (χ3n) is 0.688. The molecule has 0 saturated carbocycles. The molecule has 0 rings (SSSR count). The molecule has 0 N–H and O–H groups in total. The van der Waals surface area contributed by atoms with Gasteiger partial charge in [-0.3, -0.25) is 0 Å². The van der Waals surface area contributed by atoms with Crippen molar-refractivity contribution in [3.8, 4) is 17.9 Å². The van der Waals surface area contributed by atoms with Gasteiger partial charge in [0.1, 0.15) is 0 Å². The van der Waals surface area contributed by atoms with Crippen molar-refractivity contribution in [1.82, 2.24) is 0 Å². The summed E-state index contributed by atoms with van der Waals surface area (Å²) in [7, 11) is 0. The molecule has 0 bridgehead atoms. The fraction of sp³-hybridized carbons (Fsp3) is 0.444. The van der Waals surface area contributed by atoms with Crippen LogP contribution in [0.15, 0.2) is 12.2 Å². The van der Waals surface area contributed by atoms with Crippen LogP contribution in [0, 0.1) is 28.6 Å². The van der Waals surface area contributed by atoms with E-state index in [4.69, 9.17) is 5.26 Å². The van der Waals surface area contributed by atoms with E-state index < -0.39 is 0 Å². The molecule has 52 valence electrons. The molecule has 0 aliphatic rings. The van der Waals surface area contributed by atoms with Crippen molar-refractivity contribution in [2.75, 3.05) is 0 Å². The summed E-state index contributed by atoms with van der Waals surface area (Å²) in [5.74, 6) is 5.74. The Morgan fingerprint density at radius 2 is 1.80 bits per heavy atom. The van der Waals surface area contributed by atoms with Crippen LogP contribution in [-0.4, -0.2) is 0 Å². The number of nitriles is 1. The second kappa shape index (κ2) is 3.75. The minimum atomic E-state index is 0.0276. The van der Waals surface area contributed by atoms with E-state index >= 15 is 0 Å². The van der Waals surface area contributed by atoms with Crippen molar-refractivity contribution < 1.29 is 0 Å². The van der Waals surface area contributed by atoms with E-state index in [1.165, 1.54) is 6.08 Å². The Morgan fingerprint density at radius 3 is 2.20 bits per heavy atom. The maximum absolute atomic E-state index is 8.09. The van der Waals surface area contributed by atoms with Crippen LogP contribution < -0.4 is 0 Å². The Balaban J connectivity index is 3.97. The highest BCUT2D eigenvalue weighted by molar-refractivity contribution is 5.22. The fourth-order valence-electron chi connectivity index (χ4n) is 0.337. The lowest BCUT2D eigenvalue weighted by Crippen LogP contribution is -1.98. The minimum Gasteiger partial charge on any atom is -0.193 e. The highest BCUT2D eigenvalue weighted by Crippen LogP contribution is 2.09. The summed E-state index contributed by atoms with van der Waals surface area (Å²) >= 11 is 0. The van der Waals surface area contributed by atoms with Crippen molar-refractivity contribution in [1.29, 1.82) is 5.26 Å². The van der Waals surface area contributed by atoms with Gasteiger partial charge in [-0.1, -0.05) is 11.8 Å². The molecule has 0 aromatic carbocycles. The largest absolute Gasteiger partial charge is 0.193 e. The molecule has 0 amide bonds. The molecule has 0 spiro atoms. The van der Waals surface area contributed by atoms with E-state index in [0.29, 0.717) is 0 Å². The number of rotatable bonds is 0. The van der Waals surface area contributed by atoms with Crippen LogP contribution in [0.5, 0.6) is 0 Å². The first kappa shape index (κ1) is 8.79. The third-order valence-corrected chi connectivity index (χ3v) is 0.688. The quantitative estimate of drug-likeness (QED) is 0.367. The first-order valence-corrected chi connectivity index (χ1v) is 3.13. The molecule has 0 unspecified atom stereocenters. The van der Waals surface area contributed by atoms with E-state index in [2.05, 4.69) is 11.8 Å². The third kappa shape index (κ3) is 6.79. The van der Waals surface area contributed by atoms with Gasteiger partial charge in [0.05, 0.1) is 6.07 Å². The highest BCUT2D eigenvalue weighted by atomic mass is 14.2. The van der Waals surface area contributed by atoms with Gasteiger partial charge >= 0.3 is 0 Å². The van der Waals surface area contributed by atoms with Crippen molar-refractivity contribution in [3.05, 3.63) is 12.2 Å². The Bertz CT molecular complexity index is 212. The summed E-state index contributed by atoms with van der Waals surface area (Å²) in [5, 5.41) is 8.09. The second-order valence-corrected chi connectivity index (χ2v) is 2.98. The Kier molecular flexibility index (Phi) is 3.29. The van der Waals surface area contributed by atoms with Crippen molar-refractivity contribution >= 4 is 0 Å². The van der Waals surface area contributed by atoms with Gasteiger partial charge in [0, 0.05) is 11.5 Å². The zero-order valence-electron chi connectivity index (χ0n) is 6.60. The predicted molar refractivity (Wildman–Crippen MR) is 42.0 cm³/mol. The average Bonchev–Trinajstić information content (AvgIpc) is 1.78. The van der Waals surface area contributed by atoms with Crippen LogP contribution in [0.4, 0.5) is 0 Å². The summed E-state index contributed by atoms with van der Waals surface area (Å²) in [6, 6.07) is 1.87. The topological polar surface area (TPSA) is 23.8 Å². The second-order valence-electron chi connectivity index (χ2n) is 2.98. The lowest BCUT2D eigenvalue weighted by Gasteiger charge is -2.05. The number of hydrogen-bond donors (Lipinski definition) is 0. The van der Waals surface area contributed by atoms with Crippen LogP contribution in [-0.2, 0) is 0 Å². The Labute approximate surface area is 62.4 Å². The van der Waals surface area contributed by atoms with Crippen molar-refractivity contribution in [2.24, 2.45) is 5.41 Å². The van der Waals surface area contributed by atoms with Crippen LogP contribution >= 0.6 is 0 Å². The molecule has 1 heteroatoms. The van der Waals surface area contributed by atoms with Crippen LogP contribution in [0.25, 0.3) is 0 Å². The van der Waals surface area contributed by atoms with Crippen molar-refractivity contribution in [2.45, 2.75) is 20.8 Å². The smallest absolute Gasteiger partial charge is 0.0918 e. The van der Waals surface area contributed by atoms with Crippen molar-refractivity contribution in [3.63, 3.8) is 0 Å². The van der Waals surface area contributed by atoms with Gasteiger partial charge in [-0.2, -0.15) is 5.26 Å². The molecular formula is C9H11N. The maximum Gasteiger partial charge on any atom is 0.0918 e. The summed E-state index contributed by atoms with van der Waals surface area (Å²) in [5.41, 5.74) is 0.0276. The lowest BCUT2D eigenvalue weighted by atomic mass is 9.98. The molecule has 0 aliphatic carbocycles. The molecule has 10 heavy (non-hydrogen) atoms. The monoisotopic (exact) mass is 133 g/mol. The minimum absolute atomic E-state index is 0.0276. The SMILES string of the molecule is CC(C)(C)C#CC=CC#N. The molecular weight excluding hydrogens is 122 g/mol. The highest BCUT2D eigenvalue weighted by Gasteiger charge is 2.01. The van der Waals surface area contributed by atoms with Gasteiger partial charge in [-0.15, -0.1) is 0 Å². The van der Waals surface area contributed by atoms with Gasteiger partial charge in [0.25, 0.3) is 0 Å². The number of hydrogen-bond acceptors (Lipinski definition) is 1. The molecule has 0 aromatic heterocycles. The van der Waals surface area contributed by atoms with E-state index in [-0.39, 0.29) is 5.41 Å². The average molecular weight is 133 g/mol. The maximum atomic E-state index is 8.09.